The molecule has 2 atom stereocenters. The van der Waals surface area contributed by atoms with E-state index in [1.807, 2.05) is 51.1 Å². The smallest absolute Gasteiger partial charge is 0.244 e. The number of nitrogens with zero attached hydrogens (tertiary/aromatic N) is 2. The zero-order valence-corrected chi connectivity index (χ0v) is 26.5. The summed E-state index contributed by atoms with van der Waals surface area (Å²) in [5.74, 6) is -0.386. The molecule has 0 fully saturated rings. The summed E-state index contributed by atoms with van der Waals surface area (Å²) in [6.07, 6.45) is 1.91. The van der Waals surface area contributed by atoms with E-state index in [9.17, 15) is 18.0 Å². The summed E-state index contributed by atoms with van der Waals surface area (Å²) in [6.45, 7) is 5.48. The quantitative estimate of drug-likeness (QED) is 0.245. The standard InChI is InChI=1S/C31H37Cl2N3O5S/c1-5-22(3)34-31(38)29(19-23-11-8-7-9-12-23)35(20-26-27(32)13-10-14-28(26)33)30(37)21-36(42(4,39)40)24-15-17-25(18-16-24)41-6-2/h7-18,22,29H,5-6,19-21H2,1-4H3,(H,34,38)/t22-,29-/m0/s1. The first-order chi connectivity index (χ1) is 19.9. The Bertz CT molecular complexity index is 1430. The van der Waals surface area contributed by atoms with Gasteiger partial charge in [-0.3, -0.25) is 13.9 Å². The highest BCUT2D eigenvalue weighted by Crippen LogP contribution is 2.28. The van der Waals surface area contributed by atoms with Crippen LogP contribution in [0.5, 0.6) is 5.75 Å². The van der Waals surface area contributed by atoms with Crippen molar-refractivity contribution >= 4 is 50.7 Å². The highest BCUT2D eigenvalue weighted by molar-refractivity contribution is 7.92. The average molecular weight is 635 g/mol. The van der Waals surface area contributed by atoms with Gasteiger partial charge in [0.15, 0.2) is 0 Å². The topological polar surface area (TPSA) is 96.0 Å². The van der Waals surface area contributed by atoms with Gasteiger partial charge in [0, 0.05) is 34.6 Å². The number of benzene rings is 3. The van der Waals surface area contributed by atoms with E-state index in [0.717, 1.165) is 16.1 Å². The molecule has 3 rings (SSSR count). The summed E-state index contributed by atoms with van der Waals surface area (Å²) < 4.78 is 32.4. The molecular formula is C31H37Cl2N3O5S. The zero-order chi connectivity index (χ0) is 30.9. The van der Waals surface area contributed by atoms with Crippen LogP contribution in [0.2, 0.25) is 10.0 Å². The Labute approximate surface area is 258 Å². The van der Waals surface area contributed by atoms with Gasteiger partial charge in [0.05, 0.1) is 18.6 Å². The molecular weight excluding hydrogens is 597 g/mol. The second-order valence-corrected chi connectivity index (χ2v) is 12.7. The molecule has 0 aliphatic rings. The number of carbonyl (C=O) groups is 2. The van der Waals surface area contributed by atoms with Crippen LogP contribution in [0.1, 0.15) is 38.3 Å². The van der Waals surface area contributed by atoms with Crippen LogP contribution >= 0.6 is 23.2 Å². The van der Waals surface area contributed by atoms with E-state index in [1.165, 1.54) is 4.90 Å². The predicted molar refractivity (Wildman–Crippen MR) is 169 cm³/mol. The summed E-state index contributed by atoms with van der Waals surface area (Å²) in [5.41, 5.74) is 1.57. The molecule has 8 nitrogen and oxygen atoms in total. The molecule has 3 aromatic carbocycles. The highest BCUT2D eigenvalue weighted by Gasteiger charge is 2.34. The lowest BCUT2D eigenvalue weighted by Gasteiger charge is -2.34. The van der Waals surface area contributed by atoms with E-state index < -0.39 is 28.5 Å². The van der Waals surface area contributed by atoms with Crippen LogP contribution in [0.15, 0.2) is 72.8 Å². The number of halogens is 2. The largest absolute Gasteiger partial charge is 0.494 e. The molecule has 0 heterocycles. The van der Waals surface area contributed by atoms with Gasteiger partial charge in [-0.2, -0.15) is 0 Å². The van der Waals surface area contributed by atoms with E-state index in [-0.39, 0.29) is 30.6 Å². The van der Waals surface area contributed by atoms with E-state index in [0.29, 0.717) is 34.4 Å². The molecule has 0 saturated carbocycles. The number of rotatable bonds is 14. The van der Waals surface area contributed by atoms with Gasteiger partial charge >= 0.3 is 0 Å². The third-order valence-corrected chi connectivity index (χ3v) is 8.63. The van der Waals surface area contributed by atoms with Crippen LogP contribution in [0.3, 0.4) is 0 Å². The van der Waals surface area contributed by atoms with E-state index >= 15 is 0 Å². The van der Waals surface area contributed by atoms with Gasteiger partial charge in [0.25, 0.3) is 0 Å². The van der Waals surface area contributed by atoms with Gasteiger partial charge in [0.2, 0.25) is 21.8 Å². The predicted octanol–water partition coefficient (Wildman–Crippen LogP) is 5.71. The number of hydrogen-bond donors (Lipinski definition) is 1. The zero-order valence-electron chi connectivity index (χ0n) is 24.2. The lowest BCUT2D eigenvalue weighted by atomic mass is 10.0. The number of carbonyl (C=O) groups excluding carboxylic acids is 2. The first-order valence-electron chi connectivity index (χ1n) is 13.7. The Hall–Kier alpha value is -3.27. The average Bonchev–Trinajstić information content (AvgIpc) is 2.95. The maximum Gasteiger partial charge on any atom is 0.244 e. The van der Waals surface area contributed by atoms with E-state index in [4.69, 9.17) is 27.9 Å². The number of sulfonamides is 1. The number of hydrogen-bond acceptors (Lipinski definition) is 5. The van der Waals surface area contributed by atoms with Crippen molar-refractivity contribution in [2.75, 3.05) is 23.7 Å². The van der Waals surface area contributed by atoms with Crippen molar-refractivity contribution in [3.63, 3.8) is 0 Å². The first-order valence-corrected chi connectivity index (χ1v) is 16.3. The Morgan fingerprint density at radius 3 is 2.10 bits per heavy atom. The molecule has 42 heavy (non-hydrogen) atoms. The minimum atomic E-state index is -3.90. The number of amides is 2. The second kappa shape index (κ2) is 15.3. The summed E-state index contributed by atoms with van der Waals surface area (Å²) in [6, 6.07) is 19.6. The molecule has 0 bridgehead atoms. The fourth-order valence-corrected chi connectivity index (χ4v) is 5.70. The number of anilines is 1. The Balaban J connectivity index is 2.08. The molecule has 1 N–H and O–H groups in total. The SMILES string of the molecule is CCOc1ccc(N(CC(=O)N(Cc2c(Cl)cccc2Cl)[C@@H](Cc2ccccc2)C(=O)N[C@@H](C)CC)S(C)(=O)=O)cc1. The van der Waals surface area contributed by atoms with Crippen LogP contribution < -0.4 is 14.4 Å². The summed E-state index contributed by atoms with van der Waals surface area (Å²) in [5, 5.41) is 3.64. The third-order valence-electron chi connectivity index (χ3n) is 6.78. The maximum absolute atomic E-state index is 14.2. The lowest BCUT2D eigenvalue weighted by molar-refractivity contribution is -0.140. The monoisotopic (exact) mass is 633 g/mol. The molecule has 0 aromatic heterocycles. The van der Waals surface area contributed by atoms with Gasteiger partial charge < -0.3 is 15.0 Å². The van der Waals surface area contributed by atoms with Crippen molar-refractivity contribution < 1.29 is 22.7 Å². The van der Waals surface area contributed by atoms with Crippen LogP contribution in [-0.2, 0) is 32.6 Å². The van der Waals surface area contributed by atoms with Crippen molar-refractivity contribution in [2.45, 2.75) is 52.2 Å². The van der Waals surface area contributed by atoms with E-state index in [1.54, 1.807) is 42.5 Å². The molecule has 3 aromatic rings. The summed E-state index contributed by atoms with van der Waals surface area (Å²) >= 11 is 13.0. The van der Waals surface area contributed by atoms with Crippen molar-refractivity contribution in [2.24, 2.45) is 0 Å². The van der Waals surface area contributed by atoms with Crippen molar-refractivity contribution in [1.29, 1.82) is 0 Å². The van der Waals surface area contributed by atoms with Crippen molar-refractivity contribution in [3.05, 3.63) is 94.0 Å². The Morgan fingerprint density at radius 1 is 0.929 bits per heavy atom. The fraction of sp³-hybridized carbons (Fsp3) is 0.355. The van der Waals surface area contributed by atoms with Gasteiger partial charge in [0.1, 0.15) is 18.3 Å². The normalized spacial score (nSPS) is 12.7. The van der Waals surface area contributed by atoms with Gasteiger partial charge in [-0.15, -0.1) is 0 Å². The minimum absolute atomic E-state index is 0.107. The molecule has 11 heteroatoms. The van der Waals surface area contributed by atoms with Crippen LogP contribution in [0.25, 0.3) is 0 Å². The fourth-order valence-electron chi connectivity index (χ4n) is 4.34. The molecule has 0 unspecified atom stereocenters. The second-order valence-electron chi connectivity index (χ2n) is 9.94. The van der Waals surface area contributed by atoms with Crippen molar-refractivity contribution in [3.8, 4) is 5.75 Å². The van der Waals surface area contributed by atoms with Gasteiger partial charge in [-0.1, -0.05) is 66.5 Å². The Kier molecular flexibility index (Phi) is 12.1. The first kappa shape index (κ1) is 33.2. The molecule has 0 radical (unpaired) electrons. The molecule has 226 valence electrons. The van der Waals surface area contributed by atoms with Crippen molar-refractivity contribution in [1.82, 2.24) is 10.2 Å². The van der Waals surface area contributed by atoms with Crippen LogP contribution in [-0.4, -0.2) is 56.6 Å². The molecule has 2 amide bonds. The minimum Gasteiger partial charge on any atom is -0.494 e. The Morgan fingerprint density at radius 2 is 1.55 bits per heavy atom. The summed E-state index contributed by atoms with van der Waals surface area (Å²) in [4.78, 5) is 29.3. The van der Waals surface area contributed by atoms with Gasteiger partial charge in [-0.25, -0.2) is 8.42 Å². The molecule has 0 aliphatic heterocycles. The molecule has 0 aliphatic carbocycles. The lowest BCUT2D eigenvalue weighted by Crippen LogP contribution is -2.54. The maximum atomic E-state index is 14.2. The number of nitrogens with one attached hydrogen (secondary N) is 1. The third kappa shape index (κ3) is 9.11. The summed E-state index contributed by atoms with van der Waals surface area (Å²) in [7, 11) is -3.90. The molecule has 0 saturated heterocycles. The highest BCUT2D eigenvalue weighted by atomic mass is 35.5. The van der Waals surface area contributed by atoms with E-state index in [2.05, 4.69) is 5.32 Å². The number of ether oxygens (including phenoxy) is 1. The van der Waals surface area contributed by atoms with Gasteiger partial charge in [-0.05, 0) is 62.2 Å². The van der Waals surface area contributed by atoms with Crippen LogP contribution in [0, 0.1) is 0 Å². The molecule has 0 spiro atoms. The van der Waals surface area contributed by atoms with Crippen LogP contribution in [0.4, 0.5) is 5.69 Å².